The molecular weight excluding hydrogens is 332 g/mol. The lowest BCUT2D eigenvalue weighted by molar-refractivity contribution is -0.121. The summed E-state index contributed by atoms with van der Waals surface area (Å²) < 4.78 is 5.20. The van der Waals surface area contributed by atoms with Gasteiger partial charge in [-0.3, -0.25) is 4.79 Å². The number of carbonyl (C=O) groups excluding carboxylic acids is 1. The fourth-order valence-corrected chi connectivity index (χ4v) is 3.40. The van der Waals surface area contributed by atoms with Gasteiger partial charge in [0, 0.05) is 17.1 Å². The largest absolute Gasteiger partial charge is 0.497 e. The lowest BCUT2D eigenvalue weighted by atomic mass is 10.1. The third-order valence-electron chi connectivity index (χ3n) is 3.95. The number of thiophene rings is 1. The minimum atomic E-state index is 0. The Morgan fingerprint density at radius 3 is 2.70 bits per heavy atom. The number of carbonyl (C=O) groups is 1. The number of benzene rings is 1. The first kappa shape index (κ1) is 17.8. The van der Waals surface area contributed by atoms with Crippen LogP contribution in [-0.2, 0) is 11.3 Å². The highest BCUT2D eigenvalue weighted by atomic mass is 35.5. The Bertz CT molecular complexity index is 610. The normalized spacial score (nSPS) is 16.7. The number of hydrogen-bond acceptors (Lipinski definition) is 4. The second-order valence-electron chi connectivity index (χ2n) is 5.39. The zero-order valence-electron chi connectivity index (χ0n) is 13.0. The number of rotatable bonds is 5. The molecule has 1 aliphatic rings. The minimum Gasteiger partial charge on any atom is -0.497 e. The minimum absolute atomic E-state index is 0. The maximum atomic E-state index is 12.9. The monoisotopic (exact) mass is 352 g/mol. The Hall–Kier alpha value is -1.56. The van der Waals surface area contributed by atoms with Crippen molar-refractivity contribution in [3.63, 3.8) is 0 Å². The van der Waals surface area contributed by atoms with Crippen LogP contribution in [0, 0.1) is 5.92 Å². The summed E-state index contributed by atoms with van der Waals surface area (Å²) in [6, 6.07) is 11.8. The molecule has 1 N–H and O–H groups in total. The fraction of sp³-hybridized carbons (Fsp3) is 0.353. The van der Waals surface area contributed by atoms with E-state index in [9.17, 15) is 4.79 Å². The summed E-state index contributed by atoms with van der Waals surface area (Å²) in [6.45, 7) is 2.32. The van der Waals surface area contributed by atoms with Gasteiger partial charge in [0.05, 0.1) is 19.6 Å². The van der Waals surface area contributed by atoms with Gasteiger partial charge in [-0.25, -0.2) is 0 Å². The molecule has 1 amide bonds. The van der Waals surface area contributed by atoms with Gasteiger partial charge in [-0.15, -0.1) is 23.7 Å². The number of nitrogens with one attached hydrogen (secondary N) is 1. The number of amides is 1. The molecule has 0 saturated carbocycles. The third-order valence-corrected chi connectivity index (χ3v) is 4.81. The lowest BCUT2D eigenvalue weighted by Crippen LogP contribution is -2.36. The molecule has 2 heterocycles. The van der Waals surface area contributed by atoms with Crippen LogP contribution in [-0.4, -0.2) is 26.1 Å². The number of methoxy groups -OCH3 is 1. The highest BCUT2D eigenvalue weighted by Gasteiger charge is 2.28. The van der Waals surface area contributed by atoms with E-state index in [0.717, 1.165) is 30.9 Å². The average molecular weight is 353 g/mol. The van der Waals surface area contributed by atoms with Crippen molar-refractivity contribution in [3.05, 3.63) is 46.7 Å². The maximum absolute atomic E-state index is 12.9. The van der Waals surface area contributed by atoms with Gasteiger partial charge in [0.1, 0.15) is 5.75 Å². The molecular formula is C17H21ClN2O2S. The Balaban J connectivity index is 0.00000192. The zero-order chi connectivity index (χ0) is 15.4. The van der Waals surface area contributed by atoms with Crippen molar-refractivity contribution in [3.8, 4) is 5.75 Å². The summed E-state index contributed by atoms with van der Waals surface area (Å²) in [4.78, 5) is 16.0. The van der Waals surface area contributed by atoms with Crippen LogP contribution in [0.15, 0.2) is 41.8 Å². The molecule has 3 rings (SSSR count). The molecule has 6 heteroatoms. The summed E-state index contributed by atoms with van der Waals surface area (Å²) in [5, 5.41) is 5.32. The Labute approximate surface area is 146 Å². The Morgan fingerprint density at radius 2 is 2.13 bits per heavy atom. The van der Waals surface area contributed by atoms with Gasteiger partial charge >= 0.3 is 0 Å². The standard InChI is InChI=1S/C17H20N2O2S.ClH/c1-21-15-6-4-14(5-7-15)19(12-16-3-2-10-22-16)17(20)13-8-9-18-11-13;/h2-7,10,13,18H,8-9,11-12H2,1H3;1H. The summed E-state index contributed by atoms with van der Waals surface area (Å²) in [5.74, 6) is 1.07. The van der Waals surface area contributed by atoms with Crippen molar-refractivity contribution in [2.75, 3.05) is 25.1 Å². The van der Waals surface area contributed by atoms with Gasteiger partial charge in [0.25, 0.3) is 0 Å². The molecule has 2 aromatic rings. The molecule has 1 fully saturated rings. The summed E-state index contributed by atoms with van der Waals surface area (Å²) >= 11 is 1.68. The van der Waals surface area contributed by atoms with Crippen molar-refractivity contribution in [1.29, 1.82) is 0 Å². The Kier molecular flexibility index (Phi) is 6.45. The highest BCUT2D eigenvalue weighted by Crippen LogP contribution is 2.25. The predicted molar refractivity (Wildman–Crippen MR) is 96.7 cm³/mol. The van der Waals surface area contributed by atoms with Crippen LogP contribution in [0.5, 0.6) is 5.75 Å². The van der Waals surface area contributed by atoms with Crippen molar-refractivity contribution in [2.45, 2.75) is 13.0 Å². The highest BCUT2D eigenvalue weighted by molar-refractivity contribution is 7.09. The summed E-state index contributed by atoms with van der Waals surface area (Å²) in [5.41, 5.74) is 0.922. The smallest absolute Gasteiger partial charge is 0.231 e. The molecule has 0 spiro atoms. The molecule has 124 valence electrons. The van der Waals surface area contributed by atoms with E-state index in [1.54, 1.807) is 18.4 Å². The van der Waals surface area contributed by atoms with Crippen LogP contribution in [0.3, 0.4) is 0 Å². The quantitative estimate of drug-likeness (QED) is 0.897. The van der Waals surface area contributed by atoms with Gasteiger partial charge in [0.15, 0.2) is 0 Å². The molecule has 0 aliphatic carbocycles. The third kappa shape index (κ3) is 4.25. The topological polar surface area (TPSA) is 41.6 Å². The molecule has 0 radical (unpaired) electrons. The van der Waals surface area contributed by atoms with Crippen LogP contribution in [0.1, 0.15) is 11.3 Å². The van der Waals surface area contributed by atoms with Gasteiger partial charge < -0.3 is 15.0 Å². The van der Waals surface area contributed by atoms with E-state index in [4.69, 9.17) is 4.74 Å². The number of halogens is 1. The molecule has 1 aliphatic heterocycles. The molecule has 1 aromatic carbocycles. The second kappa shape index (κ2) is 8.34. The number of hydrogen-bond donors (Lipinski definition) is 1. The van der Waals surface area contributed by atoms with Crippen LogP contribution < -0.4 is 15.0 Å². The molecule has 4 nitrogen and oxygen atoms in total. The Morgan fingerprint density at radius 1 is 1.35 bits per heavy atom. The van der Waals surface area contributed by atoms with E-state index in [-0.39, 0.29) is 24.2 Å². The van der Waals surface area contributed by atoms with Crippen molar-refractivity contribution in [1.82, 2.24) is 5.32 Å². The molecule has 1 saturated heterocycles. The number of nitrogens with zero attached hydrogens (tertiary/aromatic N) is 1. The number of ether oxygens (including phenoxy) is 1. The average Bonchev–Trinajstić information content (AvgIpc) is 3.25. The van der Waals surface area contributed by atoms with E-state index < -0.39 is 0 Å². The van der Waals surface area contributed by atoms with Crippen LogP contribution in [0.4, 0.5) is 5.69 Å². The van der Waals surface area contributed by atoms with Crippen LogP contribution in [0.2, 0.25) is 0 Å². The van der Waals surface area contributed by atoms with E-state index in [0.29, 0.717) is 6.54 Å². The number of anilines is 1. The predicted octanol–water partition coefficient (Wildman–Crippen LogP) is 3.32. The van der Waals surface area contributed by atoms with E-state index in [1.807, 2.05) is 40.6 Å². The van der Waals surface area contributed by atoms with Crippen LogP contribution in [0.25, 0.3) is 0 Å². The van der Waals surface area contributed by atoms with E-state index in [1.165, 1.54) is 4.88 Å². The lowest BCUT2D eigenvalue weighted by Gasteiger charge is -2.25. The molecule has 0 bridgehead atoms. The van der Waals surface area contributed by atoms with Crippen molar-refractivity contribution < 1.29 is 9.53 Å². The molecule has 1 atom stereocenters. The second-order valence-corrected chi connectivity index (χ2v) is 6.42. The van der Waals surface area contributed by atoms with Crippen LogP contribution >= 0.6 is 23.7 Å². The van der Waals surface area contributed by atoms with Gasteiger partial charge in [-0.1, -0.05) is 6.07 Å². The van der Waals surface area contributed by atoms with Gasteiger partial charge in [0.2, 0.25) is 5.91 Å². The van der Waals surface area contributed by atoms with Crippen molar-refractivity contribution >= 4 is 35.3 Å². The van der Waals surface area contributed by atoms with Gasteiger partial charge in [-0.2, -0.15) is 0 Å². The van der Waals surface area contributed by atoms with E-state index >= 15 is 0 Å². The SMILES string of the molecule is COc1ccc(N(Cc2cccs2)C(=O)C2CCNC2)cc1.Cl. The first-order chi connectivity index (χ1) is 10.8. The van der Waals surface area contributed by atoms with E-state index in [2.05, 4.69) is 11.4 Å². The van der Waals surface area contributed by atoms with Gasteiger partial charge in [-0.05, 0) is 48.7 Å². The van der Waals surface area contributed by atoms with Crippen molar-refractivity contribution in [2.24, 2.45) is 5.92 Å². The molecule has 23 heavy (non-hydrogen) atoms. The molecule has 1 unspecified atom stereocenters. The maximum Gasteiger partial charge on any atom is 0.231 e. The first-order valence-electron chi connectivity index (χ1n) is 7.46. The first-order valence-corrected chi connectivity index (χ1v) is 8.34. The molecule has 1 aromatic heterocycles. The fourth-order valence-electron chi connectivity index (χ4n) is 2.70. The summed E-state index contributed by atoms with van der Waals surface area (Å²) in [7, 11) is 1.65. The zero-order valence-corrected chi connectivity index (χ0v) is 14.7. The summed E-state index contributed by atoms with van der Waals surface area (Å²) in [6.07, 6.45) is 0.913.